The lowest BCUT2D eigenvalue weighted by Crippen LogP contribution is -2.31. The molecule has 3 rings (SSSR count). The Hall–Kier alpha value is -4.16. The van der Waals surface area contributed by atoms with Crippen LogP contribution in [0, 0.1) is 5.92 Å². The highest BCUT2D eigenvalue weighted by Gasteiger charge is 2.26. The minimum Gasteiger partial charge on any atom is -0.493 e. The lowest BCUT2D eigenvalue weighted by atomic mass is 9.95. The summed E-state index contributed by atoms with van der Waals surface area (Å²) in [4.78, 5) is 24.4. The molecule has 0 saturated carbocycles. The van der Waals surface area contributed by atoms with E-state index in [2.05, 4.69) is 81.6 Å². The Balaban J connectivity index is 1.68. The molecule has 0 saturated heterocycles. The van der Waals surface area contributed by atoms with Crippen LogP contribution in [0.1, 0.15) is 65.0 Å². The van der Waals surface area contributed by atoms with Crippen LogP contribution < -0.4 is 4.74 Å². The number of hydrogen-bond acceptors (Lipinski definition) is 6. The molecule has 3 aromatic rings. The number of aliphatic hydroxyl groups is 1. The molecule has 0 radical (unpaired) electrons. The van der Waals surface area contributed by atoms with Gasteiger partial charge < -0.3 is 19.3 Å². The van der Waals surface area contributed by atoms with Crippen molar-refractivity contribution in [2.45, 2.75) is 72.3 Å². The van der Waals surface area contributed by atoms with E-state index in [-0.39, 0.29) is 31.0 Å². The van der Waals surface area contributed by atoms with E-state index >= 15 is 0 Å². The molecule has 0 aliphatic heterocycles. The second-order valence-electron chi connectivity index (χ2n) is 12.1. The fourth-order valence-corrected chi connectivity index (χ4v) is 4.72. The number of unbranched alkanes of at least 4 members (excludes halogenated alkanes) is 2. The smallest absolute Gasteiger partial charge is 0.336 e. The van der Waals surface area contributed by atoms with Gasteiger partial charge in [0.2, 0.25) is 0 Å². The Morgan fingerprint density at radius 1 is 0.800 bits per heavy atom. The normalized spacial score (nSPS) is 11.9. The summed E-state index contributed by atoms with van der Waals surface area (Å²) < 4.78 is 16.8. The van der Waals surface area contributed by atoms with Crippen LogP contribution in [0.5, 0.6) is 5.75 Å². The highest BCUT2D eigenvalue weighted by atomic mass is 16.6. The van der Waals surface area contributed by atoms with Crippen molar-refractivity contribution in [2.24, 2.45) is 5.92 Å². The first-order valence-corrected chi connectivity index (χ1v) is 15.8. The zero-order valence-corrected chi connectivity index (χ0v) is 27.5. The highest BCUT2D eigenvalue weighted by Crippen LogP contribution is 2.31. The summed E-state index contributed by atoms with van der Waals surface area (Å²) in [5, 5.41) is 10.1. The molecule has 1 atom stereocenters. The zero-order valence-electron chi connectivity index (χ0n) is 27.5. The van der Waals surface area contributed by atoms with Crippen molar-refractivity contribution in [2.75, 3.05) is 19.8 Å². The lowest BCUT2D eigenvalue weighted by Gasteiger charge is -2.22. The van der Waals surface area contributed by atoms with Crippen molar-refractivity contribution >= 4 is 11.9 Å². The molecule has 6 heteroatoms. The molecule has 240 valence electrons. The number of carbonyl (C=O) groups excluding carboxylic acids is 2. The third kappa shape index (κ3) is 10.8. The summed E-state index contributed by atoms with van der Waals surface area (Å²) in [5.74, 6) is -1.04. The van der Waals surface area contributed by atoms with Crippen LogP contribution in [0.25, 0.3) is 22.3 Å². The molecule has 3 aromatic carbocycles. The fourth-order valence-electron chi connectivity index (χ4n) is 4.72. The maximum atomic E-state index is 12.4. The molecule has 1 unspecified atom stereocenters. The van der Waals surface area contributed by atoms with Crippen LogP contribution in [-0.4, -0.2) is 42.5 Å². The average molecular weight is 613 g/mol. The van der Waals surface area contributed by atoms with Crippen molar-refractivity contribution in [1.29, 1.82) is 0 Å². The SMILES string of the molecule is C=C(C)C(=O)OCC(COC(=O)C(=C)C(C)(C)O)COc1ccc(-c2ccc(-c3ccc(CCCCC)cc3)cc2)c(CC)c1. The quantitative estimate of drug-likeness (QED) is 0.0938. The highest BCUT2D eigenvalue weighted by molar-refractivity contribution is 5.89. The first-order valence-electron chi connectivity index (χ1n) is 15.8. The first-order chi connectivity index (χ1) is 21.4. The second kappa shape index (κ2) is 16.8. The van der Waals surface area contributed by atoms with Gasteiger partial charge in [0.25, 0.3) is 0 Å². The van der Waals surface area contributed by atoms with E-state index in [0.717, 1.165) is 29.5 Å². The molecule has 0 fully saturated rings. The van der Waals surface area contributed by atoms with Crippen LogP contribution in [-0.2, 0) is 31.9 Å². The van der Waals surface area contributed by atoms with E-state index in [9.17, 15) is 14.7 Å². The molecule has 0 aliphatic carbocycles. The standard InChI is InChI=1S/C39H48O6/c1-8-10-11-12-29-13-15-32(16-14-29)33-17-19-34(20-18-33)36-22-21-35(23-31(36)9-2)43-24-30(25-44-37(40)27(3)4)26-45-38(41)28(5)39(6,7)42/h13-23,30,42H,3,5,8-12,24-26H2,1-2,4,6-7H3. The summed E-state index contributed by atoms with van der Waals surface area (Å²) >= 11 is 0. The Morgan fingerprint density at radius 3 is 1.93 bits per heavy atom. The minimum absolute atomic E-state index is 0.0272. The molecular weight excluding hydrogens is 564 g/mol. The van der Waals surface area contributed by atoms with E-state index < -0.39 is 23.5 Å². The maximum absolute atomic E-state index is 12.4. The second-order valence-corrected chi connectivity index (χ2v) is 12.1. The molecule has 0 amide bonds. The molecule has 0 spiro atoms. The molecule has 1 N–H and O–H groups in total. The van der Waals surface area contributed by atoms with E-state index in [0.29, 0.717) is 5.75 Å². The Labute approximate surface area is 268 Å². The third-order valence-electron chi connectivity index (χ3n) is 7.73. The maximum Gasteiger partial charge on any atom is 0.336 e. The number of esters is 2. The van der Waals surface area contributed by atoms with E-state index in [1.54, 1.807) is 6.92 Å². The Bertz CT molecular complexity index is 1440. The zero-order chi connectivity index (χ0) is 33.0. The van der Waals surface area contributed by atoms with Gasteiger partial charge in [-0.15, -0.1) is 0 Å². The van der Waals surface area contributed by atoms with Crippen molar-refractivity contribution in [3.8, 4) is 28.0 Å². The van der Waals surface area contributed by atoms with Gasteiger partial charge in [-0.05, 0) is 85.5 Å². The van der Waals surface area contributed by atoms with Gasteiger partial charge in [0.05, 0.1) is 23.7 Å². The molecule has 45 heavy (non-hydrogen) atoms. The molecule has 0 bridgehead atoms. The van der Waals surface area contributed by atoms with Gasteiger partial charge in [-0.25, -0.2) is 9.59 Å². The number of rotatable bonds is 17. The van der Waals surface area contributed by atoms with Crippen molar-refractivity contribution in [1.82, 2.24) is 0 Å². The summed E-state index contributed by atoms with van der Waals surface area (Å²) in [5.41, 5.74) is 5.97. The van der Waals surface area contributed by atoms with Gasteiger partial charge in [-0.2, -0.15) is 0 Å². The molecular formula is C39H48O6. The number of ether oxygens (including phenoxy) is 3. The van der Waals surface area contributed by atoms with Gasteiger partial charge in [0.15, 0.2) is 0 Å². The van der Waals surface area contributed by atoms with Crippen LogP contribution in [0.15, 0.2) is 91.0 Å². The topological polar surface area (TPSA) is 82.1 Å². The Morgan fingerprint density at radius 2 is 1.38 bits per heavy atom. The fraction of sp³-hybridized carbons (Fsp3) is 0.385. The summed E-state index contributed by atoms with van der Waals surface area (Å²) in [6.45, 7) is 16.1. The van der Waals surface area contributed by atoms with Gasteiger partial charge in [0, 0.05) is 5.57 Å². The molecule has 0 heterocycles. The van der Waals surface area contributed by atoms with Crippen LogP contribution in [0.2, 0.25) is 0 Å². The summed E-state index contributed by atoms with van der Waals surface area (Å²) in [6.07, 6.45) is 5.67. The van der Waals surface area contributed by atoms with Crippen molar-refractivity contribution in [3.63, 3.8) is 0 Å². The largest absolute Gasteiger partial charge is 0.493 e. The van der Waals surface area contributed by atoms with Crippen LogP contribution >= 0.6 is 0 Å². The number of aryl methyl sites for hydroxylation is 2. The Kier molecular flexibility index (Phi) is 13.2. The monoisotopic (exact) mass is 612 g/mol. The van der Waals surface area contributed by atoms with E-state index in [1.165, 1.54) is 49.8 Å². The van der Waals surface area contributed by atoms with E-state index in [1.807, 2.05) is 12.1 Å². The third-order valence-corrected chi connectivity index (χ3v) is 7.73. The average Bonchev–Trinajstić information content (AvgIpc) is 3.03. The van der Waals surface area contributed by atoms with Gasteiger partial charge in [-0.3, -0.25) is 0 Å². The molecule has 0 aromatic heterocycles. The summed E-state index contributed by atoms with van der Waals surface area (Å²) in [7, 11) is 0. The molecule has 0 aliphatic rings. The van der Waals surface area contributed by atoms with Crippen LogP contribution in [0.4, 0.5) is 0 Å². The van der Waals surface area contributed by atoms with Crippen molar-refractivity contribution in [3.05, 3.63) is 102 Å². The number of hydrogen-bond donors (Lipinski definition) is 1. The summed E-state index contributed by atoms with van der Waals surface area (Å²) in [6, 6.07) is 23.5. The number of benzene rings is 3. The minimum atomic E-state index is -1.41. The predicted molar refractivity (Wildman–Crippen MR) is 181 cm³/mol. The molecule has 6 nitrogen and oxygen atoms in total. The van der Waals surface area contributed by atoms with E-state index in [4.69, 9.17) is 14.2 Å². The van der Waals surface area contributed by atoms with Gasteiger partial charge in [0.1, 0.15) is 19.0 Å². The lowest BCUT2D eigenvalue weighted by molar-refractivity contribution is -0.146. The van der Waals surface area contributed by atoms with Gasteiger partial charge >= 0.3 is 11.9 Å². The predicted octanol–water partition coefficient (Wildman–Crippen LogP) is 8.30. The van der Waals surface area contributed by atoms with Crippen molar-refractivity contribution < 1.29 is 28.9 Å². The number of carbonyl (C=O) groups is 2. The van der Waals surface area contributed by atoms with Crippen LogP contribution in [0.3, 0.4) is 0 Å². The van der Waals surface area contributed by atoms with Gasteiger partial charge in [-0.1, -0.05) is 94.4 Å². The first kappa shape index (κ1) is 35.3.